The molecule has 1 aromatic carbocycles. The largest absolute Gasteiger partial charge is 0.497 e. The number of hydrogen-bond donors (Lipinski definition) is 1. The lowest BCUT2D eigenvalue weighted by atomic mass is 10.2. The lowest BCUT2D eigenvalue weighted by Gasteiger charge is -2.10. The van der Waals surface area contributed by atoms with Crippen molar-refractivity contribution in [3.05, 3.63) is 29.3 Å². The van der Waals surface area contributed by atoms with Gasteiger partial charge < -0.3 is 14.8 Å². The van der Waals surface area contributed by atoms with Crippen LogP contribution in [0.2, 0.25) is 0 Å². The first-order valence-corrected chi connectivity index (χ1v) is 7.98. The Hall–Kier alpha value is -1.59. The van der Waals surface area contributed by atoms with Gasteiger partial charge in [-0.2, -0.15) is 0 Å². The van der Waals surface area contributed by atoms with Crippen LogP contribution in [-0.4, -0.2) is 25.7 Å². The second-order valence-corrected chi connectivity index (χ2v) is 5.71. The van der Waals surface area contributed by atoms with Crippen molar-refractivity contribution in [2.45, 2.75) is 26.3 Å². The second-order valence-electron chi connectivity index (χ2n) is 4.85. The van der Waals surface area contributed by atoms with E-state index in [1.165, 1.54) is 0 Å². The van der Waals surface area contributed by atoms with E-state index in [9.17, 15) is 0 Å². The number of hydrogen-bond acceptors (Lipinski definition) is 5. The summed E-state index contributed by atoms with van der Waals surface area (Å²) in [6, 6.07) is 6.09. The number of rotatable bonds is 7. The normalized spacial score (nSPS) is 12.2. The first kappa shape index (κ1) is 15.8. The Morgan fingerprint density at radius 1 is 1.19 bits per heavy atom. The van der Waals surface area contributed by atoms with Crippen LogP contribution in [0.4, 0.5) is 0 Å². The number of nitrogens with zero attached hydrogens (tertiary/aromatic N) is 1. The number of thiazole rings is 1. The molecular weight excluding hydrogens is 284 g/mol. The quantitative estimate of drug-likeness (QED) is 0.843. The summed E-state index contributed by atoms with van der Waals surface area (Å²) >= 11 is 1.64. The van der Waals surface area contributed by atoms with Crippen molar-refractivity contribution in [3.63, 3.8) is 0 Å². The molecular formula is C16H22N2O2S. The molecule has 0 saturated carbocycles. The molecule has 21 heavy (non-hydrogen) atoms. The van der Waals surface area contributed by atoms with Crippen LogP contribution in [0.5, 0.6) is 11.5 Å². The van der Waals surface area contributed by atoms with Crippen molar-refractivity contribution in [1.82, 2.24) is 10.3 Å². The fourth-order valence-corrected chi connectivity index (χ4v) is 2.92. The highest BCUT2D eigenvalue weighted by Crippen LogP contribution is 2.32. The number of nitrogens with one attached hydrogen (secondary N) is 1. The summed E-state index contributed by atoms with van der Waals surface area (Å²) in [7, 11) is 3.31. The number of aromatic nitrogens is 1. The van der Waals surface area contributed by atoms with Crippen LogP contribution < -0.4 is 14.8 Å². The Morgan fingerprint density at radius 3 is 2.43 bits per heavy atom. The highest BCUT2D eigenvalue weighted by atomic mass is 32.1. The minimum absolute atomic E-state index is 0.266. The smallest absolute Gasteiger partial charge is 0.123 e. The number of benzene rings is 1. The van der Waals surface area contributed by atoms with E-state index >= 15 is 0 Å². The van der Waals surface area contributed by atoms with Gasteiger partial charge in [-0.15, -0.1) is 11.3 Å². The summed E-state index contributed by atoms with van der Waals surface area (Å²) in [5.74, 6) is 1.55. The molecule has 1 N–H and O–H groups in total. The fourth-order valence-electron chi connectivity index (χ4n) is 2.01. The lowest BCUT2D eigenvalue weighted by Crippen LogP contribution is -2.19. The Kier molecular flexibility index (Phi) is 5.59. The maximum absolute atomic E-state index is 5.31. The maximum atomic E-state index is 5.31. The van der Waals surface area contributed by atoms with Gasteiger partial charge in [0, 0.05) is 23.1 Å². The Balaban J connectivity index is 2.24. The average Bonchev–Trinajstić information content (AvgIpc) is 3.02. The Bertz CT molecular complexity index is 561. The molecule has 5 heteroatoms. The molecule has 0 spiro atoms. The third kappa shape index (κ3) is 3.95. The molecule has 0 bridgehead atoms. The predicted octanol–water partition coefficient (Wildman–Crippen LogP) is 3.89. The molecule has 1 heterocycles. The van der Waals surface area contributed by atoms with Crippen molar-refractivity contribution in [3.8, 4) is 22.1 Å². The van der Waals surface area contributed by atoms with Crippen molar-refractivity contribution in [2.75, 3.05) is 20.8 Å². The van der Waals surface area contributed by atoms with E-state index in [1.54, 1.807) is 25.6 Å². The van der Waals surface area contributed by atoms with Gasteiger partial charge in [-0.1, -0.05) is 6.92 Å². The minimum Gasteiger partial charge on any atom is -0.497 e. The molecule has 1 aromatic heterocycles. The molecule has 0 aliphatic carbocycles. The number of methoxy groups -OCH3 is 2. The van der Waals surface area contributed by atoms with Gasteiger partial charge in [0.2, 0.25) is 0 Å². The monoisotopic (exact) mass is 306 g/mol. The summed E-state index contributed by atoms with van der Waals surface area (Å²) in [4.78, 5) is 4.73. The van der Waals surface area contributed by atoms with Crippen LogP contribution in [-0.2, 0) is 0 Å². The molecule has 0 fully saturated rings. The van der Waals surface area contributed by atoms with Crippen LogP contribution in [0, 0.1) is 0 Å². The molecule has 114 valence electrons. The first-order chi connectivity index (χ1) is 10.2. The summed E-state index contributed by atoms with van der Waals surface area (Å²) in [5, 5.41) is 6.54. The topological polar surface area (TPSA) is 43.4 Å². The van der Waals surface area contributed by atoms with Crippen molar-refractivity contribution in [2.24, 2.45) is 0 Å². The van der Waals surface area contributed by atoms with Gasteiger partial charge in [0.1, 0.15) is 16.5 Å². The zero-order valence-electron chi connectivity index (χ0n) is 13.0. The second kappa shape index (κ2) is 7.43. The Labute approximate surface area is 130 Å². The molecule has 1 unspecified atom stereocenters. The van der Waals surface area contributed by atoms with Crippen molar-refractivity contribution >= 4 is 11.3 Å². The molecule has 4 nitrogen and oxygen atoms in total. The van der Waals surface area contributed by atoms with E-state index in [0.29, 0.717) is 0 Å². The fraction of sp³-hybridized carbons (Fsp3) is 0.438. The van der Waals surface area contributed by atoms with Crippen LogP contribution in [0.25, 0.3) is 10.6 Å². The highest BCUT2D eigenvalue weighted by molar-refractivity contribution is 7.13. The third-order valence-corrected chi connectivity index (χ3v) is 4.17. The van der Waals surface area contributed by atoms with Gasteiger partial charge in [-0.05, 0) is 32.0 Å². The van der Waals surface area contributed by atoms with Gasteiger partial charge in [0.15, 0.2) is 0 Å². The molecule has 0 amide bonds. The van der Waals surface area contributed by atoms with Gasteiger partial charge in [0.05, 0.1) is 19.9 Å². The van der Waals surface area contributed by atoms with Gasteiger partial charge in [-0.3, -0.25) is 0 Å². The van der Waals surface area contributed by atoms with E-state index in [4.69, 9.17) is 14.5 Å². The zero-order chi connectivity index (χ0) is 15.2. The average molecular weight is 306 g/mol. The summed E-state index contributed by atoms with van der Waals surface area (Å²) < 4.78 is 10.6. The minimum atomic E-state index is 0.266. The standard InChI is InChI=1S/C16H22N2O2S/c1-5-6-17-11(2)15-10-21-16(18-15)12-7-13(19-3)9-14(8-12)20-4/h7-11,17H,5-6H2,1-4H3. The van der Waals surface area contributed by atoms with Crippen molar-refractivity contribution < 1.29 is 9.47 Å². The van der Waals surface area contributed by atoms with Crippen LogP contribution in [0.15, 0.2) is 23.6 Å². The van der Waals surface area contributed by atoms with E-state index < -0.39 is 0 Å². The van der Waals surface area contributed by atoms with Gasteiger partial charge in [-0.25, -0.2) is 4.98 Å². The van der Waals surface area contributed by atoms with E-state index in [0.717, 1.165) is 40.7 Å². The maximum Gasteiger partial charge on any atom is 0.123 e. The predicted molar refractivity (Wildman–Crippen MR) is 87.4 cm³/mol. The molecule has 2 aromatic rings. The van der Waals surface area contributed by atoms with Gasteiger partial charge in [0.25, 0.3) is 0 Å². The van der Waals surface area contributed by atoms with Crippen molar-refractivity contribution in [1.29, 1.82) is 0 Å². The molecule has 0 aliphatic heterocycles. The van der Waals surface area contributed by atoms with E-state index in [-0.39, 0.29) is 6.04 Å². The van der Waals surface area contributed by atoms with Crippen LogP contribution in [0.3, 0.4) is 0 Å². The zero-order valence-corrected chi connectivity index (χ0v) is 13.8. The SMILES string of the molecule is CCCNC(C)c1csc(-c2cc(OC)cc(OC)c2)n1. The third-order valence-electron chi connectivity index (χ3n) is 3.26. The van der Waals surface area contributed by atoms with Crippen LogP contribution >= 0.6 is 11.3 Å². The van der Waals surface area contributed by atoms with E-state index in [1.807, 2.05) is 18.2 Å². The van der Waals surface area contributed by atoms with E-state index in [2.05, 4.69) is 24.5 Å². The lowest BCUT2D eigenvalue weighted by molar-refractivity contribution is 0.394. The van der Waals surface area contributed by atoms with Crippen LogP contribution in [0.1, 0.15) is 32.0 Å². The Morgan fingerprint density at radius 2 is 1.86 bits per heavy atom. The molecule has 0 aliphatic rings. The summed E-state index contributed by atoms with van der Waals surface area (Å²) in [6.07, 6.45) is 1.12. The summed E-state index contributed by atoms with van der Waals surface area (Å²) in [5.41, 5.74) is 2.09. The molecule has 0 saturated heterocycles. The molecule has 1 atom stereocenters. The first-order valence-electron chi connectivity index (χ1n) is 7.10. The summed E-state index contributed by atoms with van der Waals surface area (Å²) in [6.45, 7) is 5.30. The molecule has 0 radical (unpaired) electrons. The molecule has 2 rings (SSSR count). The van der Waals surface area contributed by atoms with Gasteiger partial charge >= 0.3 is 0 Å². The highest BCUT2D eigenvalue weighted by Gasteiger charge is 2.12. The number of ether oxygens (including phenoxy) is 2.